The summed E-state index contributed by atoms with van der Waals surface area (Å²) >= 11 is 0. The zero-order valence-corrected chi connectivity index (χ0v) is 15.7. The second-order valence-corrected chi connectivity index (χ2v) is 8.88. The van der Waals surface area contributed by atoms with Gasteiger partial charge in [0.05, 0.1) is 17.9 Å². The molecule has 0 unspecified atom stereocenters. The molecule has 0 aromatic heterocycles. The van der Waals surface area contributed by atoms with E-state index >= 15 is 0 Å². The molecule has 0 bridgehead atoms. The minimum absolute atomic E-state index is 0.0220. The number of halogens is 3. The first kappa shape index (κ1) is 20.6. The first-order valence-electron chi connectivity index (χ1n) is 8.82. The number of amides is 3. The number of benzene rings is 1. The highest BCUT2D eigenvalue weighted by Gasteiger charge is 2.42. The van der Waals surface area contributed by atoms with E-state index in [-0.39, 0.29) is 44.4 Å². The van der Waals surface area contributed by atoms with Gasteiger partial charge in [0.1, 0.15) is 6.54 Å². The van der Waals surface area contributed by atoms with Crippen LogP contribution in [0.4, 0.5) is 23.7 Å². The van der Waals surface area contributed by atoms with E-state index < -0.39 is 34.4 Å². The molecule has 3 amide bonds. The van der Waals surface area contributed by atoms with Crippen LogP contribution in [0.1, 0.15) is 19.3 Å². The molecule has 1 aromatic carbocycles. The van der Waals surface area contributed by atoms with E-state index in [9.17, 15) is 31.2 Å². The van der Waals surface area contributed by atoms with Crippen molar-refractivity contribution in [3.63, 3.8) is 0 Å². The summed E-state index contributed by atoms with van der Waals surface area (Å²) in [6.07, 6.45) is -5.38. The van der Waals surface area contributed by atoms with Gasteiger partial charge in [0.25, 0.3) is 5.91 Å². The lowest BCUT2D eigenvalue weighted by molar-refractivity contribution is -0.130. The van der Waals surface area contributed by atoms with E-state index in [0.717, 1.165) is 9.21 Å². The Labute approximate surface area is 160 Å². The molecular weight excluding hydrogens is 399 g/mol. The van der Waals surface area contributed by atoms with Gasteiger partial charge in [-0.1, -0.05) is 18.2 Å². The lowest BCUT2D eigenvalue weighted by atomic mass is 10.1. The molecule has 7 nitrogen and oxygen atoms in total. The Hall–Kier alpha value is -2.14. The van der Waals surface area contributed by atoms with Gasteiger partial charge < -0.3 is 4.90 Å². The summed E-state index contributed by atoms with van der Waals surface area (Å²) in [6.45, 7) is -0.0540. The second-order valence-electron chi connectivity index (χ2n) is 6.79. The lowest BCUT2D eigenvalue weighted by Crippen LogP contribution is -2.48. The molecule has 1 aromatic rings. The topological polar surface area (TPSA) is 78.0 Å². The molecule has 0 atom stereocenters. The Balaban J connectivity index is 1.61. The molecule has 3 rings (SSSR count). The van der Waals surface area contributed by atoms with E-state index in [2.05, 4.69) is 0 Å². The quantitative estimate of drug-likeness (QED) is 0.686. The zero-order valence-electron chi connectivity index (χ0n) is 14.9. The SMILES string of the molecule is O=C1CN(C2CCN(S(=O)(=O)CCC(F)(F)F)CC2)C(=O)N1c1ccccc1. The average molecular weight is 419 g/mol. The molecule has 2 aliphatic heterocycles. The molecule has 0 aliphatic carbocycles. The van der Waals surface area contributed by atoms with Crippen molar-refractivity contribution in [2.45, 2.75) is 31.5 Å². The first-order valence-corrected chi connectivity index (χ1v) is 10.4. The van der Waals surface area contributed by atoms with Crippen molar-refractivity contribution in [1.82, 2.24) is 9.21 Å². The summed E-state index contributed by atoms with van der Waals surface area (Å²) in [5.74, 6) is -1.35. The third-order valence-corrected chi connectivity index (χ3v) is 6.78. The molecule has 154 valence electrons. The van der Waals surface area contributed by atoms with Gasteiger partial charge in [-0.2, -0.15) is 13.2 Å². The minimum Gasteiger partial charge on any atom is -0.312 e. The van der Waals surface area contributed by atoms with E-state index in [1.807, 2.05) is 0 Å². The number of sulfonamides is 1. The van der Waals surface area contributed by atoms with Crippen molar-refractivity contribution in [3.8, 4) is 0 Å². The van der Waals surface area contributed by atoms with Crippen LogP contribution in [0.2, 0.25) is 0 Å². The van der Waals surface area contributed by atoms with E-state index in [1.165, 1.54) is 4.90 Å². The van der Waals surface area contributed by atoms with Gasteiger partial charge in [0.15, 0.2) is 0 Å². The smallest absolute Gasteiger partial charge is 0.312 e. The summed E-state index contributed by atoms with van der Waals surface area (Å²) in [5.41, 5.74) is 0.465. The van der Waals surface area contributed by atoms with E-state index in [0.29, 0.717) is 5.69 Å². The lowest BCUT2D eigenvalue weighted by Gasteiger charge is -2.35. The number of rotatable bonds is 5. The maximum atomic E-state index is 12.7. The molecule has 2 saturated heterocycles. The van der Waals surface area contributed by atoms with Crippen molar-refractivity contribution >= 4 is 27.6 Å². The van der Waals surface area contributed by atoms with Gasteiger partial charge in [0.2, 0.25) is 10.0 Å². The highest BCUT2D eigenvalue weighted by molar-refractivity contribution is 7.89. The number of carbonyl (C=O) groups excluding carboxylic acids is 2. The third-order valence-electron chi connectivity index (χ3n) is 4.91. The van der Waals surface area contributed by atoms with Crippen molar-refractivity contribution in [2.75, 3.05) is 30.3 Å². The highest BCUT2D eigenvalue weighted by atomic mass is 32.2. The molecule has 0 spiro atoms. The van der Waals surface area contributed by atoms with Gasteiger partial charge >= 0.3 is 12.2 Å². The summed E-state index contributed by atoms with van der Waals surface area (Å²) in [4.78, 5) is 27.5. The van der Waals surface area contributed by atoms with Gasteiger partial charge in [-0.05, 0) is 25.0 Å². The number of urea groups is 1. The molecular formula is C17H20F3N3O4S. The standard InChI is InChI=1S/C17H20F3N3O4S/c18-17(19,20)8-11-28(26,27)21-9-6-13(7-10-21)22-12-15(24)23(16(22)25)14-4-2-1-3-5-14/h1-5,13H,6-12H2. The van der Waals surface area contributed by atoms with Crippen LogP contribution in [0.5, 0.6) is 0 Å². The van der Waals surface area contributed by atoms with Crippen LogP contribution in [-0.4, -0.2) is 67.2 Å². The number of anilines is 1. The maximum absolute atomic E-state index is 12.7. The fourth-order valence-electron chi connectivity index (χ4n) is 3.44. The third kappa shape index (κ3) is 4.46. The molecule has 2 aliphatic rings. The Morgan fingerprint density at radius 2 is 1.64 bits per heavy atom. The van der Waals surface area contributed by atoms with Crippen LogP contribution in [-0.2, 0) is 14.8 Å². The molecule has 11 heteroatoms. The van der Waals surface area contributed by atoms with E-state index in [1.54, 1.807) is 30.3 Å². The largest absolute Gasteiger partial charge is 0.390 e. The van der Waals surface area contributed by atoms with Gasteiger partial charge in [-0.15, -0.1) is 0 Å². The summed E-state index contributed by atoms with van der Waals surface area (Å²) in [5, 5.41) is 0. The van der Waals surface area contributed by atoms with Crippen molar-refractivity contribution < 1.29 is 31.2 Å². The van der Waals surface area contributed by atoms with Crippen LogP contribution in [0.15, 0.2) is 30.3 Å². The Morgan fingerprint density at radius 1 is 1.04 bits per heavy atom. The number of hydrogen-bond acceptors (Lipinski definition) is 4. The number of carbonyl (C=O) groups is 2. The van der Waals surface area contributed by atoms with Crippen LogP contribution >= 0.6 is 0 Å². The Morgan fingerprint density at radius 3 is 2.21 bits per heavy atom. The van der Waals surface area contributed by atoms with Crippen LogP contribution in [0, 0.1) is 0 Å². The minimum atomic E-state index is -4.53. The van der Waals surface area contributed by atoms with Gasteiger partial charge in [-0.3, -0.25) is 4.79 Å². The molecule has 28 heavy (non-hydrogen) atoms. The van der Waals surface area contributed by atoms with Gasteiger partial charge in [0, 0.05) is 19.1 Å². The normalized spacial score (nSPS) is 20.2. The predicted molar refractivity (Wildman–Crippen MR) is 95.1 cm³/mol. The Kier molecular flexibility index (Phi) is 5.67. The number of alkyl halides is 3. The van der Waals surface area contributed by atoms with Crippen LogP contribution < -0.4 is 4.90 Å². The predicted octanol–water partition coefficient (Wildman–Crippen LogP) is 2.20. The fourth-order valence-corrected chi connectivity index (χ4v) is 4.96. The number of hydrogen-bond donors (Lipinski definition) is 0. The van der Waals surface area contributed by atoms with Crippen molar-refractivity contribution in [3.05, 3.63) is 30.3 Å². The molecule has 0 N–H and O–H groups in total. The number of imide groups is 1. The first-order chi connectivity index (χ1) is 13.1. The van der Waals surface area contributed by atoms with E-state index in [4.69, 9.17) is 0 Å². The molecule has 2 heterocycles. The van der Waals surface area contributed by atoms with Crippen molar-refractivity contribution in [1.29, 1.82) is 0 Å². The second kappa shape index (κ2) is 7.70. The van der Waals surface area contributed by atoms with Crippen molar-refractivity contribution in [2.24, 2.45) is 0 Å². The van der Waals surface area contributed by atoms with Gasteiger partial charge in [-0.25, -0.2) is 22.4 Å². The highest BCUT2D eigenvalue weighted by Crippen LogP contribution is 2.28. The molecule has 0 saturated carbocycles. The maximum Gasteiger partial charge on any atom is 0.390 e. The summed E-state index contributed by atoms with van der Waals surface area (Å²) < 4.78 is 62.2. The average Bonchev–Trinajstić information content (AvgIpc) is 2.95. The van der Waals surface area contributed by atoms with Crippen LogP contribution in [0.25, 0.3) is 0 Å². The number of para-hydroxylation sites is 1. The Bertz CT molecular complexity index is 837. The summed E-state index contributed by atoms with van der Waals surface area (Å²) in [7, 11) is -4.01. The summed E-state index contributed by atoms with van der Waals surface area (Å²) in [6, 6.07) is 7.69. The van der Waals surface area contributed by atoms with Crippen LogP contribution in [0.3, 0.4) is 0 Å². The fraction of sp³-hybridized carbons (Fsp3) is 0.529. The number of piperidine rings is 1. The number of nitrogens with zero attached hydrogens (tertiary/aromatic N) is 3. The molecule has 2 fully saturated rings. The zero-order chi connectivity index (χ0) is 20.5. The molecule has 0 radical (unpaired) electrons. The monoisotopic (exact) mass is 419 g/mol.